The van der Waals surface area contributed by atoms with Gasteiger partial charge in [0.05, 0.1) is 0 Å². The van der Waals surface area contributed by atoms with Gasteiger partial charge >= 0.3 is 0 Å². The Labute approximate surface area is 167 Å². The van der Waals surface area contributed by atoms with E-state index in [0.717, 1.165) is 38.7 Å². The summed E-state index contributed by atoms with van der Waals surface area (Å²) in [5.41, 5.74) is 6.67. The number of rotatable bonds is 8. The second kappa shape index (κ2) is 14.7. The molecule has 0 heterocycles. The zero-order valence-electron chi connectivity index (χ0n) is 19.0. The van der Waals surface area contributed by atoms with Crippen molar-refractivity contribution in [3.05, 3.63) is 0 Å². The maximum atomic E-state index is 8.49. The maximum absolute atomic E-state index is 8.49. The van der Waals surface area contributed by atoms with Gasteiger partial charge < -0.3 is 9.53 Å². The molecule has 0 aliphatic rings. The summed E-state index contributed by atoms with van der Waals surface area (Å²) in [6, 6.07) is 0. The van der Waals surface area contributed by atoms with Crippen molar-refractivity contribution < 1.29 is 9.53 Å². The van der Waals surface area contributed by atoms with Gasteiger partial charge in [0.2, 0.25) is 0 Å². The fourth-order valence-corrected chi connectivity index (χ4v) is 3.74. The van der Waals surface area contributed by atoms with Gasteiger partial charge in [-0.3, -0.25) is 0 Å². The molecule has 0 aliphatic heterocycles. The molecule has 0 spiro atoms. The lowest BCUT2D eigenvalue weighted by atomic mass is 10.2. The molecular weight excluding hydrogens is 368 g/mol. The Kier molecular flexibility index (Phi) is 15.8. The number of hydrogen-bond acceptors (Lipinski definition) is 2. The van der Waals surface area contributed by atoms with Gasteiger partial charge in [-0.1, -0.05) is 39.3 Å². The van der Waals surface area contributed by atoms with Crippen molar-refractivity contribution in [2.75, 3.05) is 13.2 Å². The molecule has 0 amide bonds. The lowest BCUT2D eigenvalue weighted by molar-refractivity contribution is 0.285. The predicted octanol–water partition coefficient (Wildman–Crippen LogP) is 5.92. The zero-order chi connectivity index (χ0) is 20.7. The number of hydrogen-bond donors (Lipinski definition) is 1. The average Bonchev–Trinajstić information content (AvgIpc) is 2.43. The fraction of sp³-hybridized carbons (Fsp3) is 0.810. The first-order valence-corrected chi connectivity index (χ1v) is 20.4. The van der Waals surface area contributed by atoms with Gasteiger partial charge in [0, 0.05) is 26.1 Å². The normalized spacial score (nSPS) is 11.5. The average molecular weight is 413 g/mol. The van der Waals surface area contributed by atoms with Crippen LogP contribution in [0.25, 0.3) is 0 Å². The first-order valence-electron chi connectivity index (χ1n) is 10.0. The molecule has 0 aromatic rings. The SMILES string of the molecule is C[Si](C)(C)C#CCCCCO.C[Si](C)(C)C#CCCCCO[Si](C)(C)C. The van der Waals surface area contributed by atoms with Crippen LogP contribution in [0.4, 0.5) is 0 Å². The molecule has 152 valence electrons. The highest BCUT2D eigenvalue weighted by Gasteiger charge is 2.12. The Hall–Kier alpha value is -0.309. The summed E-state index contributed by atoms with van der Waals surface area (Å²) in [6.07, 6.45) is 6.26. The molecule has 0 atom stereocenters. The van der Waals surface area contributed by atoms with Crippen LogP contribution < -0.4 is 0 Å². The molecule has 0 aromatic carbocycles. The number of unbranched alkanes of at least 4 members (excludes halogenated alkanes) is 4. The van der Waals surface area contributed by atoms with Crippen LogP contribution in [0.15, 0.2) is 0 Å². The minimum atomic E-state index is -1.28. The first-order chi connectivity index (χ1) is 11.8. The molecule has 0 bridgehead atoms. The highest BCUT2D eigenvalue weighted by Crippen LogP contribution is 2.05. The molecule has 1 N–H and O–H groups in total. The van der Waals surface area contributed by atoms with Gasteiger partial charge in [-0.2, -0.15) is 0 Å². The van der Waals surface area contributed by atoms with E-state index in [2.05, 4.69) is 81.9 Å². The quantitative estimate of drug-likeness (QED) is 0.304. The predicted molar refractivity (Wildman–Crippen MR) is 126 cm³/mol. The summed E-state index contributed by atoms with van der Waals surface area (Å²) in [4.78, 5) is 0. The van der Waals surface area contributed by atoms with Crippen LogP contribution in [0.1, 0.15) is 38.5 Å². The fourth-order valence-electron chi connectivity index (χ4n) is 1.67. The Morgan fingerprint density at radius 1 is 0.654 bits per heavy atom. The van der Waals surface area contributed by atoms with Gasteiger partial charge in [0.1, 0.15) is 16.1 Å². The van der Waals surface area contributed by atoms with Crippen LogP contribution >= 0.6 is 0 Å². The van der Waals surface area contributed by atoms with Gasteiger partial charge in [-0.25, -0.2) is 0 Å². The van der Waals surface area contributed by atoms with Gasteiger partial charge in [0.15, 0.2) is 8.32 Å². The molecule has 0 aliphatic carbocycles. The van der Waals surface area contributed by atoms with E-state index in [1.54, 1.807) is 0 Å². The van der Waals surface area contributed by atoms with E-state index in [0.29, 0.717) is 6.61 Å². The Morgan fingerprint density at radius 3 is 1.42 bits per heavy atom. The molecular formula is C21H44O2Si3. The van der Waals surface area contributed by atoms with Crippen LogP contribution in [0.2, 0.25) is 58.9 Å². The molecule has 0 saturated carbocycles. The van der Waals surface area contributed by atoms with Crippen LogP contribution in [-0.2, 0) is 4.43 Å². The second-order valence-corrected chi connectivity index (χ2v) is 23.7. The summed E-state index contributed by atoms with van der Waals surface area (Å²) < 4.78 is 5.78. The third-order valence-corrected chi connectivity index (χ3v) is 5.79. The molecule has 0 saturated heterocycles. The molecule has 26 heavy (non-hydrogen) atoms. The van der Waals surface area contributed by atoms with Crippen LogP contribution in [0.3, 0.4) is 0 Å². The Balaban J connectivity index is 0. The van der Waals surface area contributed by atoms with E-state index in [1.807, 2.05) is 0 Å². The lowest BCUT2D eigenvalue weighted by Crippen LogP contribution is -2.25. The third-order valence-electron chi connectivity index (χ3n) is 2.87. The highest BCUT2D eigenvalue weighted by atomic mass is 28.4. The summed E-state index contributed by atoms with van der Waals surface area (Å²) in [5, 5.41) is 8.49. The summed E-state index contributed by atoms with van der Waals surface area (Å²) >= 11 is 0. The summed E-state index contributed by atoms with van der Waals surface area (Å²) in [5.74, 6) is 6.45. The van der Waals surface area contributed by atoms with Crippen LogP contribution in [0, 0.1) is 22.9 Å². The van der Waals surface area contributed by atoms with E-state index >= 15 is 0 Å². The molecule has 0 radical (unpaired) electrons. The molecule has 0 fully saturated rings. The van der Waals surface area contributed by atoms with Crippen molar-refractivity contribution in [2.45, 2.75) is 97.4 Å². The molecule has 0 aromatic heterocycles. The van der Waals surface area contributed by atoms with E-state index < -0.39 is 24.5 Å². The maximum Gasteiger partial charge on any atom is 0.183 e. The van der Waals surface area contributed by atoms with Gasteiger partial charge in [-0.05, 0) is 45.3 Å². The third kappa shape index (κ3) is 31.5. The Bertz CT molecular complexity index is 460. The number of aliphatic hydroxyl groups excluding tert-OH is 1. The largest absolute Gasteiger partial charge is 0.418 e. The molecule has 0 unspecified atom stereocenters. The highest BCUT2D eigenvalue weighted by molar-refractivity contribution is 6.84. The summed E-state index contributed by atoms with van der Waals surface area (Å²) in [7, 11) is -3.57. The van der Waals surface area contributed by atoms with Crippen LogP contribution in [-0.4, -0.2) is 42.8 Å². The van der Waals surface area contributed by atoms with E-state index in [1.165, 1.54) is 6.42 Å². The molecule has 2 nitrogen and oxygen atoms in total. The van der Waals surface area contributed by atoms with Gasteiger partial charge in [-0.15, -0.1) is 22.9 Å². The second-order valence-electron chi connectivity index (χ2n) is 9.70. The lowest BCUT2D eigenvalue weighted by Gasteiger charge is -2.16. The topological polar surface area (TPSA) is 29.5 Å². The van der Waals surface area contributed by atoms with Crippen molar-refractivity contribution in [3.8, 4) is 22.9 Å². The van der Waals surface area contributed by atoms with E-state index in [-0.39, 0.29) is 0 Å². The van der Waals surface area contributed by atoms with Gasteiger partial charge in [0.25, 0.3) is 0 Å². The minimum Gasteiger partial charge on any atom is -0.418 e. The van der Waals surface area contributed by atoms with Crippen molar-refractivity contribution in [2.24, 2.45) is 0 Å². The number of aliphatic hydroxyl groups is 1. The van der Waals surface area contributed by atoms with Crippen molar-refractivity contribution in [3.63, 3.8) is 0 Å². The molecule has 0 rings (SSSR count). The first kappa shape index (κ1) is 27.9. The summed E-state index contributed by atoms with van der Waals surface area (Å²) in [6.45, 7) is 21.5. The van der Waals surface area contributed by atoms with E-state index in [4.69, 9.17) is 9.53 Å². The standard InChI is InChI=1S/C12H26OSi2.C9H18OSi/c1-14(2,3)12-10-8-7-9-11-13-15(4,5)6;1-11(2,3)9-7-5-4-6-8-10/h7-9,11H2,1-6H3;10H,4-6,8H2,1-3H3. The van der Waals surface area contributed by atoms with Crippen LogP contribution in [0.5, 0.6) is 0 Å². The monoisotopic (exact) mass is 412 g/mol. The molecule has 5 heteroatoms. The van der Waals surface area contributed by atoms with Crippen molar-refractivity contribution >= 4 is 24.5 Å². The van der Waals surface area contributed by atoms with Crippen molar-refractivity contribution in [1.29, 1.82) is 0 Å². The zero-order valence-corrected chi connectivity index (χ0v) is 22.0. The smallest absolute Gasteiger partial charge is 0.183 e. The van der Waals surface area contributed by atoms with Crippen molar-refractivity contribution in [1.82, 2.24) is 0 Å². The Morgan fingerprint density at radius 2 is 1.08 bits per heavy atom. The van der Waals surface area contributed by atoms with E-state index in [9.17, 15) is 0 Å². The minimum absolute atomic E-state index is 0.300.